The molecule has 16 bridgehead atoms. The molecule has 17 aliphatic rings. The monoisotopic (exact) mass is 1960 g/mol. The predicted molar refractivity (Wildman–Crippen MR) is 465 cm³/mol. The van der Waals surface area contributed by atoms with E-state index in [1.165, 1.54) is 0 Å². The minimum absolute atomic E-state index is 0.0340. The van der Waals surface area contributed by atoms with Crippen molar-refractivity contribution >= 4 is 47.8 Å². The first kappa shape index (κ1) is 108. The van der Waals surface area contributed by atoms with Crippen molar-refractivity contribution in [2.75, 3.05) is 106 Å². The second kappa shape index (κ2) is 46.9. The van der Waals surface area contributed by atoms with Gasteiger partial charge < -0.3 is 156 Å². The van der Waals surface area contributed by atoms with Gasteiger partial charge in [0, 0.05) is 38.5 Å². The Morgan fingerprint density at radius 2 is 0.664 bits per heavy atom. The van der Waals surface area contributed by atoms with Gasteiger partial charge in [0.2, 0.25) is 0 Å². The zero-order valence-corrected chi connectivity index (χ0v) is 82.6. The van der Waals surface area contributed by atoms with Crippen LogP contribution >= 0.6 is 0 Å². The first-order chi connectivity index (χ1) is 65.0. The van der Waals surface area contributed by atoms with Crippen LogP contribution in [-0.4, -0.2) is 334 Å². The van der Waals surface area contributed by atoms with Gasteiger partial charge in [-0.2, -0.15) is 0 Å². The van der Waals surface area contributed by atoms with E-state index in [2.05, 4.69) is 20.8 Å². The maximum absolute atomic E-state index is 12.7. The summed E-state index contributed by atoms with van der Waals surface area (Å²) >= 11 is 0. The van der Waals surface area contributed by atoms with Gasteiger partial charge >= 0.3 is 47.8 Å². The van der Waals surface area contributed by atoms with Crippen molar-refractivity contribution in [1.29, 1.82) is 0 Å². The van der Waals surface area contributed by atoms with Crippen molar-refractivity contribution in [3.8, 4) is 0 Å². The van der Waals surface area contributed by atoms with Gasteiger partial charge in [0.1, 0.15) is 136 Å². The van der Waals surface area contributed by atoms with Crippen molar-refractivity contribution in [3.63, 3.8) is 0 Å². The van der Waals surface area contributed by atoms with E-state index in [0.29, 0.717) is 84.1 Å². The van der Waals surface area contributed by atoms with Crippen molar-refractivity contribution in [1.82, 2.24) is 0 Å². The van der Waals surface area contributed by atoms with E-state index in [4.69, 9.17) is 156 Å². The fourth-order valence-corrected chi connectivity index (χ4v) is 20.3. The summed E-state index contributed by atoms with van der Waals surface area (Å²) in [4.78, 5) is 98.8. The molecule has 137 heavy (non-hydrogen) atoms. The molecule has 1 aliphatic carbocycles. The second-order valence-corrected chi connectivity index (χ2v) is 41.1. The Morgan fingerprint density at radius 3 is 1.12 bits per heavy atom. The van der Waals surface area contributed by atoms with E-state index in [1.807, 2.05) is 69.2 Å². The molecule has 0 radical (unpaired) electrons. The van der Waals surface area contributed by atoms with Crippen LogP contribution in [0.5, 0.6) is 0 Å². The van der Waals surface area contributed by atoms with Crippen LogP contribution in [0.2, 0.25) is 0 Å². The highest BCUT2D eigenvalue weighted by Gasteiger charge is 2.63. The fourth-order valence-electron chi connectivity index (χ4n) is 20.3. The van der Waals surface area contributed by atoms with Crippen molar-refractivity contribution in [2.45, 2.75) is 451 Å². The summed E-state index contributed by atoms with van der Waals surface area (Å²) in [6.45, 7) is 31.8. The standard InChI is InChI=1S/C28H46O10.C25H38O10.C22H34O10.C21H32O11/c1-19(2)16-28(5)34-18-21(36-28)25-24-20-17-33-26(3,35-20)12-10-22(29)31-14-8-6-7-9-15-32-23(30)11-13-27(4,37-24)38-25;1-23(2)34-21-17-13-28-24(3,32-17)11-9-19(26)30-15-7-5-6-8-16(15)31-20(27)10-12-25(4)29-14-18(33-25)22(21)35-23;1-3-4-5-6-7-22(2)31-20-14-12-27-18(29-14)10-16(23)25-8-9-26-17(24)11-19-28-13-15(30-19)21(20)32-22;1-19(2)27-11-13(29-19)17-18-14-12-28-20(3,30-14)9-15(22)25-7-5-24-6-8-26-16(23)10-21(4,31-17)32-18/h19-21,24-25H,6-18H2,1-5H3;15-18,21-22H,5-14H2,1-4H3;14-15,18-21H,3-13H2,1-2H3;13-14,17-18H,5-12H2,1-4H3. The van der Waals surface area contributed by atoms with Gasteiger partial charge in [-0.1, -0.05) is 40.0 Å². The molecule has 16 saturated heterocycles. The molecule has 0 amide bonds. The Labute approximate surface area is 801 Å². The van der Waals surface area contributed by atoms with E-state index in [1.54, 1.807) is 13.8 Å². The summed E-state index contributed by atoms with van der Waals surface area (Å²) in [7, 11) is 0. The molecular weight excluding hydrogens is 1810 g/mol. The Kier molecular flexibility index (Phi) is 36.8. The first-order valence-electron chi connectivity index (χ1n) is 49.8. The maximum atomic E-state index is 12.7. The third-order valence-corrected chi connectivity index (χ3v) is 27.1. The summed E-state index contributed by atoms with van der Waals surface area (Å²) in [5.74, 6) is -12.1. The zero-order valence-electron chi connectivity index (χ0n) is 82.6. The lowest BCUT2D eigenvalue weighted by Gasteiger charge is -2.32. The molecule has 16 heterocycles. The summed E-state index contributed by atoms with van der Waals surface area (Å²) in [5.41, 5.74) is 0. The molecule has 0 aromatic rings. The SMILES string of the molecule is CC(C)CC1(C)OCC(C2OC3(C)CCC(=O)OCCCCCCOC(=O)CCC4(C)OCC(O4)C2O3)O1.CC1(C)OC2C3COC(C)(CCC(=O)OC4CCCCC4OC(=O)CCC4(C)OCC(O4)C2O1)O3.CC1(C)OCC(C2OC3(C)CC(=O)OCCOCCOC(=O)CC4(C)OCC(O4)C2O3)O1.CCCCCCC1(C)OC2C3COC(CC(=O)OCCOC(=O)CC4OCC(O4)C2O1)O3. The fraction of sp³-hybridized carbons (Fsp3) is 0.917. The molecule has 0 spiro atoms. The van der Waals surface area contributed by atoms with Gasteiger partial charge in [-0.3, -0.25) is 38.4 Å². The minimum atomic E-state index is -1.25. The predicted octanol–water partition coefficient (Wildman–Crippen LogP) is 9.24. The van der Waals surface area contributed by atoms with Gasteiger partial charge in [0.25, 0.3) is 0 Å². The summed E-state index contributed by atoms with van der Waals surface area (Å²) in [6.07, 6.45) is 4.45. The van der Waals surface area contributed by atoms with Crippen molar-refractivity contribution in [3.05, 3.63) is 0 Å². The Balaban J connectivity index is 0.000000146. The molecular formula is C96H150O41. The molecule has 0 N–H and O–H groups in total. The number of rotatable bonds is 9. The highest BCUT2D eigenvalue weighted by atomic mass is 16.8. The zero-order chi connectivity index (χ0) is 97.8. The Hall–Kier alpha value is -5.24. The summed E-state index contributed by atoms with van der Waals surface area (Å²) in [5, 5.41) is 0. The van der Waals surface area contributed by atoms with Crippen LogP contribution in [0.1, 0.15) is 271 Å². The highest BCUT2D eigenvalue weighted by Crippen LogP contribution is 2.49. The van der Waals surface area contributed by atoms with Gasteiger partial charge in [-0.25, -0.2) is 0 Å². The number of carbonyl (C=O) groups is 8. The van der Waals surface area contributed by atoms with Crippen molar-refractivity contribution in [2.24, 2.45) is 5.92 Å². The largest absolute Gasteiger partial charge is 0.466 e. The first-order valence-corrected chi connectivity index (χ1v) is 49.8. The van der Waals surface area contributed by atoms with Crippen molar-refractivity contribution < 1.29 is 195 Å². The maximum Gasteiger partial charge on any atom is 0.311 e. The number of esters is 8. The quantitative estimate of drug-likeness (QED) is 0.118. The number of fused-ring (bicyclic) bond motifs is 25. The molecule has 0 aromatic carbocycles. The van der Waals surface area contributed by atoms with Gasteiger partial charge in [0.15, 0.2) is 70.5 Å². The number of hydrogen-bond donors (Lipinski definition) is 0. The minimum Gasteiger partial charge on any atom is -0.466 e. The van der Waals surface area contributed by atoms with E-state index in [0.717, 1.165) is 77.0 Å². The van der Waals surface area contributed by atoms with Gasteiger partial charge in [-0.05, 0) is 147 Å². The topological polar surface area (TPSA) is 441 Å². The van der Waals surface area contributed by atoms with Crippen LogP contribution < -0.4 is 0 Å². The van der Waals surface area contributed by atoms with Crippen LogP contribution in [-0.2, 0) is 195 Å². The van der Waals surface area contributed by atoms with Crippen LogP contribution in [0.4, 0.5) is 0 Å². The lowest BCUT2D eigenvalue weighted by atomic mass is 9.94. The molecule has 41 nitrogen and oxygen atoms in total. The molecule has 780 valence electrons. The highest BCUT2D eigenvalue weighted by molar-refractivity contribution is 5.73. The lowest BCUT2D eigenvalue weighted by molar-refractivity contribution is -0.203. The van der Waals surface area contributed by atoms with E-state index >= 15 is 0 Å². The molecule has 27 unspecified atom stereocenters. The van der Waals surface area contributed by atoms with E-state index in [9.17, 15) is 38.4 Å². The molecule has 16 aliphatic heterocycles. The molecule has 0 aromatic heterocycles. The summed E-state index contributed by atoms with van der Waals surface area (Å²) in [6, 6.07) is 0. The molecule has 27 atom stereocenters. The number of unbranched alkanes of at least 4 members (excludes halogenated alkanes) is 3. The molecule has 41 heteroatoms. The average Bonchev–Trinajstić information content (AvgIpc) is 1.62. The lowest BCUT2D eigenvalue weighted by Crippen LogP contribution is -2.45. The number of hydrogen-bond acceptors (Lipinski definition) is 41. The van der Waals surface area contributed by atoms with Crippen LogP contribution in [0.15, 0.2) is 0 Å². The van der Waals surface area contributed by atoms with E-state index in [-0.39, 0.29) is 147 Å². The van der Waals surface area contributed by atoms with Gasteiger partial charge in [-0.15, -0.1) is 0 Å². The Bertz CT molecular complexity index is 3870. The van der Waals surface area contributed by atoms with Gasteiger partial charge in [0.05, 0.1) is 131 Å². The van der Waals surface area contributed by atoms with Crippen LogP contribution in [0.25, 0.3) is 0 Å². The smallest absolute Gasteiger partial charge is 0.311 e. The number of ether oxygens (including phenoxy) is 33. The summed E-state index contributed by atoms with van der Waals surface area (Å²) < 4.78 is 195. The second-order valence-electron chi connectivity index (χ2n) is 41.1. The van der Waals surface area contributed by atoms with Crippen LogP contribution in [0, 0.1) is 5.92 Å². The number of carbonyl (C=O) groups excluding carboxylic acids is 8. The average molecular weight is 1960 g/mol. The van der Waals surface area contributed by atoms with Crippen LogP contribution in [0.3, 0.4) is 0 Å². The third-order valence-electron chi connectivity index (χ3n) is 27.1. The normalized spacial score (nSPS) is 43.3. The molecule has 17 rings (SSSR count). The molecule has 1 saturated carbocycles. The number of cyclic esters (lactones) is 6. The molecule has 17 fully saturated rings. The third kappa shape index (κ3) is 30.2. The van der Waals surface area contributed by atoms with E-state index < -0.39 is 198 Å². The Morgan fingerprint density at radius 1 is 0.292 bits per heavy atom.